The number of rotatable bonds is 4. The molecular formula is C20H25N7O2. The van der Waals surface area contributed by atoms with E-state index in [1.807, 2.05) is 17.1 Å². The molecule has 0 unspecified atom stereocenters. The van der Waals surface area contributed by atoms with Crippen LogP contribution in [-0.2, 0) is 4.74 Å². The van der Waals surface area contributed by atoms with Crippen molar-refractivity contribution < 1.29 is 9.53 Å². The number of amides is 1. The Balaban J connectivity index is 1.23. The first-order valence-corrected chi connectivity index (χ1v) is 10.3. The molecule has 1 N–H and O–H groups in total. The average molecular weight is 395 g/mol. The number of aromatic nitrogens is 6. The molecule has 2 fully saturated rings. The smallest absolute Gasteiger partial charge is 0.253 e. The lowest BCUT2D eigenvalue weighted by atomic mass is 9.91. The Morgan fingerprint density at radius 2 is 1.86 bits per heavy atom. The molecule has 4 heterocycles. The topological polar surface area (TPSA) is 99.8 Å². The van der Waals surface area contributed by atoms with Gasteiger partial charge in [0, 0.05) is 31.5 Å². The van der Waals surface area contributed by atoms with Gasteiger partial charge >= 0.3 is 0 Å². The SMILES string of the molecule is O=C(NC1CCC(n2cncn2)CC1)c1cnc2c(c1)ncn2C1CCOCC1. The molecule has 152 valence electrons. The van der Waals surface area contributed by atoms with Crippen LogP contribution in [0.2, 0.25) is 0 Å². The van der Waals surface area contributed by atoms with E-state index >= 15 is 0 Å². The van der Waals surface area contributed by atoms with Crippen molar-refractivity contribution in [3.63, 3.8) is 0 Å². The van der Waals surface area contributed by atoms with E-state index in [9.17, 15) is 4.79 Å². The first-order valence-electron chi connectivity index (χ1n) is 10.3. The van der Waals surface area contributed by atoms with Crippen molar-refractivity contribution in [2.24, 2.45) is 0 Å². The van der Waals surface area contributed by atoms with E-state index in [1.165, 1.54) is 0 Å². The molecule has 1 aliphatic heterocycles. The molecule has 1 amide bonds. The molecule has 1 aliphatic carbocycles. The van der Waals surface area contributed by atoms with Crippen LogP contribution in [-0.4, -0.2) is 54.5 Å². The standard InChI is InChI=1S/C20H25N7O2/c28-20(25-15-1-3-17(4-2-15)27-12-21-11-24-27)14-9-18-19(22-10-14)26(13-23-18)16-5-7-29-8-6-16/h9-13,15-17H,1-8H2,(H,25,28). The number of imidazole rings is 1. The minimum atomic E-state index is -0.0794. The van der Waals surface area contributed by atoms with Gasteiger partial charge in [-0.05, 0) is 44.6 Å². The molecule has 1 saturated carbocycles. The van der Waals surface area contributed by atoms with Crippen LogP contribution in [0.15, 0.2) is 31.2 Å². The largest absolute Gasteiger partial charge is 0.381 e. The van der Waals surface area contributed by atoms with E-state index in [2.05, 4.69) is 29.9 Å². The number of carbonyl (C=O) groups is 1. The molecule has 0 spiro atoms. The summed E-state index contributed by atoms with van der Waals surface area (Å²) in [6, 6.07) is 2.76. The highest BCUT2D eigenvalue weighted by Crippen LogP contribution is 2.28. The van der Waals surface area contributed by atoms with E-state index in [0.717, 1.165) is 62.9 Å². The van der Waals surface area contributed by atoms with Gasteiger partial charge in [0.2, 0.25) is 0 Å². The third-order valence-electron chi connectivity index (χ3n) is 6.10. The van der Waals surface area contributed by atoms with Crippen LogP contribution < -0.4 is 5.32 Å². The van der Waals surface area contributed by atoms with Gasteiger partial charge in [-0.15, -0.1) is 0 Å². The molecule has 0 radical (unpaired) electrons. The number of nitrogens with one attached hydrogen (secondary N) is 1. The van der Waals surface area contributed by atoms with Crippen molar-refractivity contribution in [3.05, 3.63) is 36.8 Å². The maximum atomic E-state index is 12.7. The molecule has 3 aromatic heterocycles. The Bertz CT molecular complexity index is 970. The fraction of sp³-hybridized carbons (Fsp3) is 0.550. The Morgan fingerprint density at radius 3 is 2.62 bits per heavy atom. The highest BCUT2D eigenvalue weighted by molar-refractivity contribution is 5.96. The van der Waals surface area contributed by atoms with Gasteiger partial charge < -0.3 is 14.6 Å². The fourth-order valence-electron chi connectivity index (χ4n) is 4.43. The fourth-order valence-corrected chi connectivity index (χ4v) is 4.43. The Morgan fingerprint density at radius 1 is 1.03 bits per heavy atom. The molecule has 1 saturated heterocycles. The zero-order valence-electron chi connectivity index (χ0n) is 16.3. The second-order valence-electron chi connectivity index (χ2n) is 7.92. The van der Waals surface area contributed by atoms with Crippen molar-refractivity contribution in [2.45, 2.75) is 56.7 Å². The minimum absolute atomic E-state index is 0.0794. The predicted molar refractivity (Wildman–Crippen MR) is 105 cm³/mol. The third kappa shape index (κ3) is 3.74. The summed E-state index contributed by atoms with van der Waals surface area (Å²) >= 11 is 0. The number of ether oxygens (including phenoxy) is 1. The minimum Gasteiger partial charge on any atom is -0.381 e. The molecule has 0 bridgehead atoms. The number of hydrogen-bond donors (Lipinski definition) is 1. The lowest BCUT2D eigenvalue weighted by Crippen LogP contribution is -2.38. The summed E-state index contributed by atoms with van der Waals surface area (Å²) in [7, 11) is 0. The maximum absolute atomic E-state index is 12.7. The van der Waals surface area contributed by atoms with Gasteiger partial charge in [-0.1, -0.05) is 0 Å². The zero-order valence-corrected chi connectivity index (χ0v) is 16.3. The monoisotopic (exact) mass is 395 g/mol. The van der Waals surface area contributed by atoms with Crippen LogP contribution in [0.5, 0.6) is 0 Å². The summed E-state index contributed by atoms with van der Waals surface area (Å²) in [5.41, 5.74) is 2.16. The molecule has 0 aromatic carbocycles. The van der Waals surface area contributed by atoms with Gasteiger partial charge in [0.05, 0.1) is 17.9 Å². The molecule has 2 aliphatic rings. The summed E-state index contributed by atoms with van der Waals surface area (Å²) < 4.78 is 9.48. The first kappa shape index (κ1) is 18.2. The highest BCUT2D eigenvalue weighted by Gasteiger charge is 2.25. The van der Waals surface area contributed by atoms with Crippen molar-refractivity contribution in [3.8, 4) is 0 Å². The Kier molecular flexibility index (Phi) is 4.97. The van der Waals surface area contributed by atoms with E-state index < -0.39 is 0 Å². The zero-order chi connectivity index (χ0) is 19.6. The number of carbonyl (C=O) groups excluding carboxylic acids is 1. The average Bonchev–Trinajstić information content (AvgIpc) is 3.45. The molecule has 9 heteroatoms. The summed E-state index contributed by atoms with van der Waals surface area (Å²) in [6.07, 6.45) is 12.6. The van der Waals surface area contributed by atoms with E-state index in [1.54, 1.807) is 18.9 Å². The van der Waals surface area contributed by atoms with E-state index in [-0.39, 0.29) is 11.9 Å². The quantitative estimate of drug-likeness (QED) is 0.728. The summed E-state index contributed by atoms with van der Waals surface area (Å²) in [5, 5.41) is 7.39. The van der Waals surface area contributed by atoms with Crippen molar-refractivity contribution >= 4 is 17.1 Å². The van der Waals surface area contributed by atoms with Gasteiger partial charge in [0.1, 0.15) is 18.2 Å². The molecule has 3 aromatic rings. The van der Waals surface area contributed by atoms with Crippen LogP contribution in [0.4, 0.5) is 0 Å². The van der Waals surface area contributed by atoms with Crippen LogP contribution in [0.25, 0.3) is 11.2 Å². The predicted octanol–water partition coefficient (Wildman–Crippen LogP) is 2.29. The van der Waals surface area contributed by atoms with Crippen LogP contribution in [0.1, 0.15) is 61.0 Å². The maximum Gasteiger partial charge on any atom is 0.253 e. The van der Waals surface area contributed by atoms with Crippen LogP contribution >= 0.6 is 0 Å². The second-order valence-corrected chi connectivity index (χ2v) is 7.92. The molecule has 9 nitrogen and oxygen atoms in total. The van der Waals surface area contributed by atoms with Gasteiger partial charge in [-0.3, -0.25) is 4.79 Å². The third-order valence-corrected chi connectivity index (χ3v) is 6.10. The number of hydrogen-bond acceptors (Lipinski definition) is 6. The lowest BCUT2D eigenvalue weighted by Gasteiger charge is -2.29. The van der Waals surface area contributed by atoms with Crippen molar-refractivity contribution in [1.82, 2.24) is 34.6 Å². The van der Waals surface area contributed by atoms with Gasteiger partial charge in [-0.25, -0.2) is 19.6 Å². The number of pyridine rings is 1. The Labute approximate surface area is 168 Å². The van der Waals surface area contributed by atoms with E-state index in [0.29, 0.717) is 17.6 Å². The summed E-state index contributed by atoms with van der Waals surface area (Å²) in [6.45, 7) is 1.54. The van der Waals surface area contributed by atoms with Crippen molar-refractivity contribution in [2.75, 3.05) is 13.2 Å². The van der Waals surface area contributed by atoms with Gasteiger partial charge in [0.15, 0.2) is 5.65 Å². The molecule has 0 atom stereocenters. The van der Waals surface area contributed by atoms with Gasteiger partial charge in [0.25, 0.3) is 5.91 Å². The molecule has 29 heavy (non-hydrogen) atoms. The lowest BCUT2D eigenvalue weighted by molar-refractivity contribution is 0.0704. The second kappa shape index (κ2) is 7.90. The number of nitrogens with zero attached hydrogens (tertiary/aromatic N) is 6. The summed E-state index contributed by atoms with van der Waals surface area (Å²) in [5.74, 6) is -0.0794. The van der Waals surface area contributed by atoms with Crippen LogP contribution in [0.3, 0.4) is 0 Å². The summed E-state index contributed by atoms with van der Waals surface area (Å²) in [4.78, 5) is 25.8. The first-order chi connectivity index (χ1) is 14.3. The normalized spacial score (nSPS) is 23.3. The van der Waals surface area contributed by atoms with E-state index in [4.69, 9.17) is 4.74 Å². The molecular weight excluding hydrogens is 370 g/mol. The highest BCUT2D eigenvalue weighted by atomic mass is 16.5. The van der Waals surface area contributed by atoms with Crippen LogP contribution in [0, 0.1) is 0 Å². The number of fused-ring (bicyclic) bond motifs is 1. The Hall–Kier alpha value is -2.81. The van der Waals surface area contributed by atoms with Gasteiger partial charge in [-0.2, -0.15) is 5.10 Å². The van der Waals surface area contributed by atoms with Crippen molar-refractivity contribution in [1.29, 1.82) is 0 Å². The molecule has 5 rings (SSSR count).